The highest BCUT2D eigenvalue weighted by atomic mass is 33.1. The highest BCUT2D eigenvalue weighted by molar-refractivity contribution is 8.76. The second-order valence-electron chi connectivity index (χ2n) is 7.42. The van der Waals surface area contributed by atoms with E-state index in [0.717, 1.165) is 5.03 Å². The number of hydrogen-bond acceptors (Lipinski definition) is 9. The molecule has 1 aliphatic heterocycles. The predicted molar refractivity (Wildman–Crippen MR) is 124 cm³/mol. The van der Waals surface area contributed by atoms with Crippen LogP contribution in [0.4, 0.5) is 0 Å². The average molecular weight is 495 g/mol. The van der Waals surface area contributed by atoms with E-state index >= 15 is 0 Å². The van der Waals surface area contributed by atoms with Crippen molar-refractivity contribution in [1.29, 1.82) is 0 Å². The first-order valence-electron chi connectivity index (χ1n) is 10.6. The van der Waals surface area contributed by atoms with Crippen molar-refractivity contribution in [3.63, 3.8) is 0 Å². The molecule has 0 radical (unpaired) electrons. The van der Waals surface area contributed by atoms with Crippen molar-refractivity contribution >= 4 is 45.3 Å². The maximum atomic E-state index is 12.7. The number of hydrogen-bond donors (Lipinski definition) is 1. The molecule has 33 heavy (non-hydrogen) atoms. The monoisotopic (exact) mass is 494 g/mol. The third-order valence-electron chi connectivity index (χ3n) is 5.17. The summed E-state index contributed by atoms with van der Waals surface area (Å²) >= 11 is 0. The van der Waals surface area contributed by atoms with Crippen LogP contribution < -0.4 is 10.4 Å². The van der Waals surface area contributed by atoms with E-state index in [1.807, 2.05) is 18.2 Å². The zero-order valence-electron chi connectivity index (χ0n) is 18.7. The lowest BCUT2D eigenvalue weighted by Gasteiger charge is -2.33. The van der Waals surface area contributed by atoms with E-state index in [1.165, 1.54) is 24.8 Å². The fourth-order valence-electron chi connectivity index (χ4n) is 3.30. The highest BCUT2D eigenvalue weighted by Gasteiger charge is 2.26. The third-order valence-corrected chi connectivity index (χ3v) is 7.44. The molecule has 1 saturated heterocycles. The largest absolute Gasteiger partial charge is 0.545 e. The fourth-order valence-corrected chi connectivity index (χ4v) is 5.17. The van der Waals surface area contributed by atoms with E-state index in [4.69, 9.17) is 0 Å². The van der Waals surface area contributed by atoms with Crippen LogP contribution in [0.5, 0.6) is 0 Å². The van der Waals surface area contributed by atoms with E-state index in [9.17, 15) is 24.3 Å². The number of likely N-dealkylation sites (tertiary alicyclic amines) is 1. The molecule has 2 rings (SSSR count). The normalized spacial score (nSPS) is 14.9. The molecule has 9 nitrogen and oxygen atoms in total. The van der Waals surface area contributed by atoms with E-state index < -0.39 is 17.8 Å². The van der Waals surface area contributed by atoms with Crippen LogP contribution >= 0.6 is 21.6 Å². The second kappa shape index (κ2) is 13.9. The highest BCUT2D eigenvalue weighted by Crippen LogP contribution is 2.29. The molecule has 0 aliphatic carbocycles. The maximum Gasteiger partial charge on any atom is 0.305 e. The molecule has 0 spiro atoms. The second-order valence-corrected chi connectivity index (χ2v) is 9.86. The lowest BCUT2D eigenvalue weighted by molar-refractivity contribution is -0.299. The molecule has 0 saturated carbocycles. The van der Waals surface area contributed by atoms with Crippen molar-refractivity contribution < 1.29 is 29.0 Å². The molecule has 11 heteroatoms. The van der Waals surface area contributed by atoms with Crippen molar-refractivity contribution in [3.05, 3.63) is 35.5 Å². The standard InChI is InChI=1S/C22H29N3O6S2/c1-15(17(22(29)30)6-7-20(27)31-2)21(28)25-12-8-16(9-13-25)24-18(26)10-14-32-33-19-5-3-4-11-23-19/h3-5,11,16H,6-10,12-14H2,1-2H3,(H,24,26)(H,29,30)/p-1/b17-15-. The molecule has 1 fully saturated rings. The minimum absolute atomic E-state index is 0.0285. The zero-order chi connectivity index (χ0) is 24.2. The van der Waals surface area contributed by atoms with Crippen molar-refractivity contribution in [2.45, 2.75) is 50.1 Å². The Morgan fingerprint density at radius 3 is 2.52 bits per heavy atom. The molecule has 180 valence electrons. The molecule has 1 aliphatic rings. The van der Waals surface area contributed by atoms with Gasteiger partial charge in [0, 0.05) is 49.5 Å². The number of carboxylic acids is 1. The third kappa shape index (κ3) is 9.09. The van der Waals surface area contributed by atoms with Gasteiger partial charge in [-0.15, -0.1) is 0 Å². The number of ether oxygens (including phenoxy) is 1. The summed E-state index contributed by atoms with van der Waals surface area (Å²) in [7, 11) is 4.31. The van der Waals surface area contributed by atoms with Crippen molar-refractivity contribution in [2.75, 3.05) is 26.0 Å². The Morgan fingerprint density at radius 1 is 1.18 bits per heavy atom. The Labute approximate surface area is 201 Å². The summed E-state index contributed by atoms with van der Waals surface area (Å²) in [4.78, 5) is 53.5. The number of methoxy groups -OCH3 is 1. The number of aromatic nitrogens is 1. The van der Waals surface area contributed by atoms with Gasteiger partial charge in [0.25, 0.3) is 0 Å². The van der Waals surface area contributed by atoms with Gasteiger partial charge in [-0.25, -0.2) is 4.98 Å². The van der Waals surface area contributed by atoms with Crippen LogP contribution in [-0.4, -0.2) is 65.6 Å². The van der Waals surface area contributed by atoms with Gasteiger partial charge in [-0.3, -0.25) is 14.4 Å². The lowest BCUT2D eigenvalue weighted by Crippen LogP contribution is -2.47. The molecule has 1 aromatic heterocycles. The number of rotatable bonds is 11. The number of nitrogens with zero attached hydrogens (tertiary/aromatic N) is 2. The Hall–Kier alpha value is -2.53. The molecule has 2 amide bonds. The van der Waals surface area contributed by atoms with Crippen LogP contribution in [0.3, 0.4) is 0 Å². The van der Waals surface area contributed by atoms with Gasteiger partial charge in [0.05, 0.1) is 13.1 Å². The predicted octanol–water partition coefficient (Wildman–Crippen LogP) is 1.34. The van der Waals surface area contributed by atoms with Crippen molar-refractivity contribution in [1.82, 2.24) is 15.2 Å². The Kier molecular flexibility index (Phi) is 11.2. The van der Waals surface area contributed by atoms with Crippen molar-refractivity contribution in [2.24, 2.45) is 0 Å². The van der Waals surface area contributed by atoms with Crippen LogP contribution in [0.25, 0.3) is 0 Å². The summed E-state index contributed by atoms with van der Waals surface area (Å²) < 4.78 is 4.52. The van der Waals surface area contributed by atoms with Crippen LogP contribution in [0.2, 0.25) is 0 Å². The number of esters is 1. The first-order chi connectivity index (χ1) is 15.8. The molecule has 2 heterocycles. The van der Waals surface area contributed by atoms with Crippen LogP contribution in [-0.2, 0) is 23.9 Å². The van der Waals surface area contributed by atoms with Gasteiger partial charge in [0.1, 0.15) is 5.03 Å². The topological polar surface area (TPSA) is 129 Å². The van der Waals surface area contributed by atoms with Gasteiger partial charge < -0.3 is 24.9 Å². The van der Waals surface area contributed by atoms with Gasteiger partial charge in [-0.05, 0) is 54.7 Å². The summed E-state index contributed by atoms with van der Waals surface area (Å²) in [6.07, 6.45) is 3.02. The summed E-state index contributed by atoms with van der Waals surface area (Å²) in [6, 6.07) is 5.66. The summed E-state index contributed by atoms with van der Waals surface area (Å²) in [5.41, 5.74) is -0.134. The quantitative estimate of drug-likeness (QED) is 0.210. The molecule has 0 aromatic carbocycles. The fraction of sp³-hybridized carbons (Fsp3) is 0.500. The molecular weight excluding hydrogens is 466 g/mol. The molecule has 0 atom stereocenters. The molecule has 0 unspecified atom stereocenters. The Balaban J connectivity index is 1.75. The minimum Gasteiger partial charge on any atom is -0.545 e. The summed E-state index contributed by atoms with van der Waals surface area (Å²) in [5, 5.41) is 15.3. The molecule has 1 N–H and O–H groups in total. The van der Waals surface area contributed by atoms with E-state index in [1.54, 1.807) is 21.9 Å². The minimum atomic E-state index is -1.47. The number of carbonyl (C=O) groups is 4. The number of piperidine rings is 1. The van der Waals surface area contributed by atoms with Crippen LogP contribution in [0, 0.1) is 0 Å². The number of carboxylic acid groups (broad SMARTS) is 1. The van der Waals surface area contributed by atoms with Gasteiger partial charge in [-0.1, -0.05) is 16.9 Å². The van der Waals surface area contributed by atoms with Crippen molar-refractivity contribution in [3.8, 4) is 0 Å². The zero-order valence-corrected chi connectivity index (χ0v) is 20.3. The summed E-state index contributed by atoms with van der Waals surface area (Å²) in [6.45, 7) is 2.24. The van der Waals surface area contributed by atoms with Gasteiger partial charge in [0.2, 0.25) is 11.8 Å². The smallest absolute Gasteiger partial charge is 0.305 e. The summed E-state index contributed by atoms with van der Waals surface area (Å²) in [5.74, 6) is -1.80. The van der Waals surface area contributed by atoms with Crippen LogP contribution in [0.1, 0.15) is 39.0 Å². The number of amides is 2. The molecule has 0 bridgehead atoms. The Morgan fingerprint density at radius 2 is 1.91 bits per heavy atom. The maximum absolute atomic E-state index is 12.7. The van der Waals surface area contributed by atoms with Gasteiger partial charge >= 0.3 is 5.97 Å². The average Bonchev–Trinajstić information content (AvgIpc) is 2.82. The number of aliphatic carboxylic acids is 1. The first-order valence-corrected chi connectivity index (χ1v) is 12.9. The SMILES string of the molecule is COC(=O)CC/C(C(=O)[O-])=C(\C)C(=O)N1CCC(NC(=O)CCSSc2ccccn2)CC1. The van der Waals surface area contributed by atoms with Crippen LogP contribution in [0.15, 0.2) is 40.6 Å². The number of pyridine rings is 1. The van der Waals surface area contributed by atoms with Gasteiger partial charge in [0.15, 0.2) is 0 Å². The number of carbonyl (C=O) groups excluding carboxylic acids is 4. The Bertz CT molecular complexity index is 870. The van der Waals surface area contributed by atoms with E-state index in [-0.39, 0.29) is 35.9 Å². The molecule has 1 aromatic rings. The van der Waals surface area contributed by atoms with E-state index in [0.29, 0.717) is 38.1 Å². The number of nitrogens with one attached hydrogen (secondary N) is 1. The van der Waals surface area contributed by atoms with E-state index in [2.05, 4.69) is 15.0 Å². The lowest BCUT2D eigenvalue weighted by atomic mass is 10.0. The molecular formula is C22H28N3O6S2-. The van der Waals surface area contributed by atoms with Gasteiger partial charge in [-0.2, -0.15) is 0 Å². The first kappa shape index (κ1) is 26.7.